The summed E-state index contributed by atoms with van der Waals surface area (Å²) in [6.45, 7) is 5.04. The molecule has 3 rings (SSSR count). The normalized spacial score (nSPS) is 20.5. The van der Waals surface area contributed by atoms with Crippen molar-refractivity contribution in [3.8, 4) is 5.75 Å². The summed E-state index contributed by atoms with van der Waals surface area (Å²) in [5, 5.41) is 2.66. The van der Waals surface area contributed by atoms with Crippen molar-refractivity contribution in [2.45, 2.75) is 19.8 Å². The van der Waals surface area contributed by atoms with Crippen LogP contribution < -0.4 is 10.1 Å². The number of anilines is 1. The third kappa shape index (κ3) is 5.44. The molecule has 8 nitrogen and oxygen atoms in total. The number of hydrogen-bond acceptors (Lipinski definition) is 5. The molecule has 10 heteroatoms. The first-order valence-corrected chi connectivity index (χ1v) is 11.3. The number of ether oxygens (including phenoxy) is 1. The molecule has 0 aliphatic carbocycles. The average Bonchev–Trinajstić information content (AvgIpc) is 2.69. The first-order chi connectivity index (χ1) is 13.8. The molecule has 0 atom stereocenters. The average molecular weight is 429 g/mol. The molecule has 29 heavy (non-hydrogen) atoms. The lowest BCUT2D eigenvalue weighted by Gasteiger charge is -2.38. The number of methoxy groups -OCH3 is 1. The van der Waals surface area contributed by atoms with Gasteiger partial charge in [-0.2, -0.15) is 17.0 Å². The third-order valence-corrected chi connectivity index (χ3v) is 7.56. The number of benzene rings is 1. The maximum atomic E-state index is 13.4. The van der Waals surface area contributed by atoms with Gasteiger partial charge in [-0.05, 0) is 30.9 Å². The van der Waals surface area contributed by atoms with E-state index >= 15 is 0 Å². The second kappa shape index (κ2) is 9.38. The van der Waals surface area contributed by atoms with Crippen LogP contribution in [-0.2, 0) is 15.0 Å². The van der Waals surface area contributed by atoms with Crippen molar-refractivity contribution in [3.05, 3.63) is 24.0 Å². The van der Waals surface area contributed by atoms with E-state index in [1.807, 2.05) is 4.90 Å². The van der Waals surface area contributed by atoms with Gasteiger partial charge < -0.3 is 10.1 Å². The van der Waals surface area contributed by atoms with E-state index in [9.17, 15) is 17.6 Å². The van der Waals surface area contributed by atoms with Gasteiger partial charge in [0.25, 0.3) is 10.2 Å². The van der Waals surface area contributed by atoms with E-state index in [2.05, 4.69) is 12.2 Å². The minimum atomic E-state index is -3.44. The van der Waals surface area contributed by atoms with E-state index in [1.165, 1.54) is 29.6 Å². The van der Waals surface area contributed by atoms with Gasteiger partial charge in [0, 0.05) is 45.3 Å². The second-order valence-corrected chi connectivity index (χ2v) is 9.59. The van der Waals surface area contributed by atoms with Gasteiger partial charge in [-0.3, -0.25) is 9.69 Å². The molecule has 0 radical (unpaired) electrons. The number of carbonyl (C=O) groups is 1. The van der Waals surface area contributed by atoms with Crippen LogP contribution >= 0.6 is 0 Å². The van der Waals surface area contributed by atoms with Crippen molar-refractivity contribution < 1.29 is 22.3 Å². The molecule has 0 spiro atoms. The number of halogens is 1. The Kier molecular flexibility index (Phi) is 7.10. The van der Waals surface area contributed by atoms with Crippen LogP contribution in [0.1, 0.15) is 19.8 Å². The van der Waals surface area contributed by atoms with Crippen LogP contribution in [0.5, 0.6) is 5.75 Å². The molecule has 1 aromatic carbocycles. The Morgan fingerprint density at radius 2 is 1.76 bits per heavy atom. The van der Waals surface area contributed by atoms with E-state index in [0.717, 1.165) is 12.8 Å². The van der Waals surface area contributed by atoms with Crippen LogP contribution in [0.4, 0.5) is 10.1 Å². The molecule has 0 unspecified atom stereocenters. The van der Waals surface area contributed by atoms with Gasteiger partial charge in [0.15, 0.2) is 0 Å². The van der Waals surface area contributed by atoms with E-state index < -0.39 is 16.0 Å². The van der Waals surface area contributed by atoms with Crippen molar-refractivity contribution in [1.29, 1.82) is 0 Å². The van der Waals surface area contributed by atoms with E-state index in [1.54, 1.807) is 4.31 Å². The Labute approximate surface area is 171 Å². The first-order valence-electron chi connectivity index (χ1n) is 9.90. The number of hydrogen-bond donors (Lipinski definition) is 1. The second-order valence-electron chi connectivity index (χ2n) is 7.66. The Bertz CT molecular complexity index is 819. The lowest BCUT2D eigenvalue weighted by Crippen LogP contribution is -2.55. The largest absolute Gasteiger partial charge is 0.495 e. The number of carbonyl (C=O) groups excluding carboxylic acids is 1. The maximum absolute atomic E-state index is 13.4. The van der Waals surface area contributed by atoms with Gasteiger partial charge in [0.05, 0.1) is 19.3 Å². The summed E-state index contributed by atoms with van der Waals surface area (Å²) in [4.78, 5) is 14.2. The molecule has 0 aromatic heterocycles. The Hall–Kier alpha value is -1.75. The van der Waals surface area contributed by atoms with Gasteiger partial charge in [0.1, 0.15) is 11.6 Å². The first kappa shape index (κ1) is 21.9. The highest BCUT2D eigenvalue weighted by molar-refractivity contribution is 7.86. The molecular formula is C19H29FN4O4S. The SMILES string of the molecule is COc1ccc(F)cc1NC(=O)CN1CCN(S(=O)(=O)N2CCC(C)CC2)CC1. The van der Waals surface area contributed by atoms with Crippen LogP contribution in [-0.4, -0.2) is 80.8 Å². The zero-order valence-corrected chi connectivity index (χ0v) is 17.8. The zero-order chi connectivity index (χ0) is 21.0. The highest BCUT2D eigenvalue weighted by Crippen LogP contribution is 2.25. The Morgan fingerprint density at radius 1 is 1.14 bits per heavy atom. The molecular weight excluding hydrogens is 399 g/mol. The molecule has 2 fully saturated rings. The minimum absolute atomic E-state index is 0.106. The number of piperazine rings is 1. The van der Waals surface area contributed by atoms with Crippen LogP contribution in [0, 0.1) is 11.7 Å². The van der Waals surface area contributed by atoms with Gasteiger partial charge in [-0.1, -0.05) is 6.92 Å². The summed E-state index contributed by atoms with van der Waals surface area (Å²) in [5.74, 6) is 0.183. The van der Waals surface area contributed by atoms with Gasteiger partial charge in [-0.15, -0.1) is 0 Å². The van der Waals surface area contributed by atoms with Gasteiger partial charge in [-0.25, -0.2) is 4.39 Å². The van der Waals surface area contributed by atoms with Crippen LogP contribution in [0.3, 0.4) is 0 Å². The lowest BCUT2D eigenvalue weighted by molar-refractivity contribution is -0.117. The molecule has 2 aliphatic heterocycles. The highest BCUT2D eigenvalue weighted by Gasteiger charge is 2.34. The van der Waals surface area contributed by atoms with Crippen molar-refractivity contribution in [1.82, 2.24) is 13.5 Å². The molecule has 1 N–H and O–H groups in total. The molecule has 2 saturated heterocycles. The predicted octanol–water partition coefficient (Wildman–Crippen LogP) is 1.37. The fourth-order valence-electron chi connectivity index (χ4n) is 3.67. The summed E-state index contributed by atoms with van der Waals surface area (Å²) in [5.41, 5.74) is 0.276. The number of amides is 1. The Balaban J connectivity index is 1.51. The molecule has 162 valence electrons. The van der Waals surface area contributed by atoms with Crippen molar-refractivity contribution >= 4 is 21.8 Å². The fraction of sp³-hybridized carbons (Fsp3) is 0.632. The summed E-state index contributed by atoms with van der Waals surface area (Å²) in [7, 11) is -1.99. The molecule has 2 heterocycles. The zero-order valence-electron chi connectivity index (χ0n) is 16.9. The maximum Gasteiger partial charge on any atom is 0.282 e. The smallest absolute Gasteiger partial charge is 0.282 e. The standard InChI is InChI=1S/C19H29FN4O4S/c1-15-5-7-23(8-6-15)29(26,27)24-11-9-22(10-12-24)14-19(25)21-17-13-16(20)3-4-18(17)28-2/h3-4,13,15H,5-12,14H2,1-2H3,(H,21,25). The lowest BCUT2D eigenvalue weighted by atomic mass is 10.0. The number of nitrogens with one attached hydrogen (secondary N) is 1. The molecule has 1 aromatic rings. The predicted molar refractivity (Wildman–Crippen MR) is 108 cm³/mol. The van der Waals surface area contributed by atoms with E-state index in [4.69, 9.17) is 4.74 Å². The van der Waals surface area contributed by atoms with Crippen molar-refractivity contribution in [2.75, 3.05) is 58.2 Å². The van der Waals surface area contributed by atoms with Crippen molar-refractivity contribution in [2.24, 2.45) is 5.92 Å². The quantitative estimate of drug-likeness (QED) is 0.740. The summed E-state index contributed by atoms with van der Waals surface area (Å²) in [6, 6.07) is 3.92. The minimum Gasteiger partial charge on any atom is -0.495 e. The molecule has 1 amide bonds. The topological polar surface area (TPSA) is 82.2 Å². The third-order valence-electron chi connectivity index (χ3n) is 5.53. The Morgan fingerprint density at radius 3 is 2.38 bits per heavy atom. The summed E-state index contributed by atoms with van der Waals surface area (Å²) in [6.07, 6.45) is 1.78. The number of nitrogens with zero attached hydrogens (tertiary/aromatic N) is 3. The summed E-state index contributed by atoms with van der Waals surface area (Å²) < 4.78 is 47.3. The fourth-order valence-corrected chi connectivity index (χ4v) is 5.29. The van der Waals surface area contributed by atoms with E-state index in [0.29, 0.717) is 50.9 Å². The van der Waals surface area contributed by atoms with Crippen LogP contribution in [0.25, 0.3) is 0 Å². The molecule has 2 aliphatic rings. The van der Waals surface area contributed by atoms with E-state index in [-0.39, 0.29) is 18.1 Å². The van der Waals surface area contributed by atoms with Crippen LogP contribution in [0.15, 0.2) is 18.2 Å². The van der Waals surface area contributed by atoms with Gasteiger partial charge in [0.2, 0.25) is 5.91 Å². The number of rotatable bonds is 6. The van der Waals surface area contributed by atoms with Crippen LogP contribution in [0.2, 0.25) is 0 Å². The van der Waals surface area contributed by atoms with Gasteiger partial charge >= 0.3 is 0 Å². The monoisotopic (exact) mass is 428 g/mol. The van der Waals surface area contributed by atoms with Crippen molar-refractivity contribution in [3.63, 3.8) is 0 Å². The number of piperidine rings is 1. The molecule has 0 bridgehead atoms. The molecule has 0 saturated carbocycles. The highest BCUT2D eigenvalue weighted by atomic mass is 32.2. The summed E-state index contributed by atoms with van der Waals surface area (Å²) >= 11 is 0.